The molecule has 1 aliphatic heterocycles. The molecule has 1 aromatic carbocycles. The molecule has 148 valence electrons. The number of rotatable bonds is 9. The predicted octanol–water partition coefficient (Wildman–Crippen LogP) is 0.917. The molecule has 7 nitrogen and oxygen atoms in total. The summed E-state index contributed by atoms with van der Waals surface area (Å²) in [7, 11) is -3.46. The number of carbonyl (C=O) groups excluding carboxylic acids is 1. The number of hydrogen-bond donors (Lipinski definition) is 2. The Bertz CT molecular complexity index is 646. The van der Waals surface area contributed by atoms with Crippen LogP contribution >= 0.6 is 12.4 Å². The molecule has 9 heteroatoms. The Balaban J connectivity index is 0.00000338. The molecule has 1 aliphatic rings. The SMILES string of the molecule is Cl.NCCCCNC(=O)CCc1ccc(S(=O)(=O)N2CCOCC2)cc1. The standard InChI is InChI=1S/C17H27N3O4S.ClH/c18-9-1-2-10-19-17(21)8-5-15-3-6-16(7-4-15)25(22,23)20-11-13-24-14-12-20;/h3-4,6-7H,1-2,5,8-14,18H2,(H,19,21);1H. The van der Waals surface area contributed by atoms with Gasteiger partial charge in [-0.15, -0.1) is 12.4 Å². The molecule has 0 aromatic heterocycles. The number of nitrogens with one attached hydrogen (secondary N) is 1. The van der Waals surface area contributed by atoms with Crippen molar-refractivity contribution in [1.82, 2.24) is 9.62 Å². The van der Waals surface area contributed by atoms with Gasteiger partial charge in [0.1, 0.15) is 0 Å². The molecule has 3 N–H and O–H groups in total. The third-order valence-electron chi connectivity index (χ3n) is 4.12. The van der Waals surface area contributed by atoms with Gasteiger partial charge in [0.2, 0.25) is 15.9 Å². The number of nitrogens with two attached hydrogens (primary N) is 1. The van der Waals surface area contributed by atoms with Gasteiger partial charge in [0.05, 0.1) is 18.1 Å². The normalized spacial score (nSPS) is 15.3. The van der Waals surface area contributed by atoms with Crippen LogP contribution < -0.4 is 11.1 Å². The molecule has 2 rings (SSSR count). The van der Waals surface area contributed by atoms with Crippen molar-refractivity contribution in [2.45, 2.75) is 30.6 Å². The Hall–Kier alpha value is -1.19. The predicted molar refractivity (Wildman–Crippen MR) is 103 cm³/mol. The average Bonchev–Trinajstić information content (AvgIpc) is 2.64. The number of sulfonamides is 1. The van der Waals surface area contributed by atoms with E-state index in [1.54, 1.807) is 24.3 Å². The molecule has 0 unspecified atom stereocenters. The van der Waals surface area contributed by atoms with Gasteiger partial charge >= 0.3 is 0 Å². The van der Waals surface area contributed by atoms with Gasteiger partial charge in [-0.3, -0.25) is 4.79 Å². The van der Waals surface area contributed by atoms with Crippen LogP contribution in [0.1, 0.15) is 24.8 Å². The summed E-state index contributed by atoms with van der Waals surface area (Å²) in [6.07, 6.45) is 2.76. The second-order valence-electron chi connectivity index (χ2n) is 6.01. The fraction of sp³-hybridized carbons (Fsp3) is 0.588. The summed E-state index contributed by atoms with van der Waals surface area (Å²) in [4.78, 5) is 12.0. The Morgan fingerprint density at radius 1 is 1.15 bits per heavy atom. The van der Waals surface area contributed by atoms with Gasteiger partial charge in [0.15, 0.2) is 0 Å². The van der Waals surface area contributed by atoms with Gasteiger partial charge in [-0.05, 0) is 43.5 Å². The van der Waals surface area contributed by atoms with Crippen LogP contribution in [0, 0.1) is 0 Å². The second-order valence-corrected chi connectivity index (χ2v) is 7.94. The van der Waals surface area contributed by atoms with E-state index in [1.165, 1.54) is 4.31 Å². The maximum absolute atomic E-state index is 12.5. The van der Waals surface area contributed by atoms with Crippen LogP contribution in [0.2, 0.25) is 0 Å². The Morgan fingerprint density at radius 3 is 2.42 bits per heavy atom. The van der Waals surface area contributed by atoms with E-state index in [4.69, 9.17) is 10.5 Å². The highest BCUT2D eigenvalue weighted by Crippen LogP contribution is 2.18. The first-order valence-corrected chi connectivity index (χ1v) is 10.1. The summed E-state index contributed by atoms with van der Waals surface area (Å²) >= 11 is 0. The van der Waals surface area contributed by atoms with Crippen molar-refractivity contribution in [1.29, 1.82) is 0 Å². The Morgan fingerprint density at radius 2 is 1.81 bits per heavy atom. The summed E-state index contributed by atoms with van der Waals surface area (Å²) in [5.74, 6) is 0.00189. The van der Waals surface area contributed by atoms with Crippen molar-refractivity contribution in [3.63, 3.8) is 0 Å². The van der Waals surface area contributed by atoms with E-state index >= 15 is 0 Å². The molecule has 0 radical (unpaired) electrons. The zero-order valence-electron chi connectivity index (χ0n) is 14.9. The van der Waals surface area contributed by atoms with Crippen LogP contribution in [0.3, 0.4) is 0 Å². The van der Waals surface area contributed by atoms with E-state index in [9.17, 15) is 13.2 Å². The summed E-state index contributed by atoms with van der Waals surface area (Å²) in [6, 6.07) is 6.77. The van der Waals surface area contributed by atoms with E-state index in [2.05, 4.69) is 5.32 Å². The highest BCUT2D eigenvalue weighted by molar-refractivity contribution is 7.89. The molecule has 0 saturated carbocycles. The average molecular weight is 406 g/mol. The minimum absolute atomic E-state index is 0. The van der Waals surface area contributed by atoms with Gasteiger partial charge in [0.25, 0.3) is 0 Å². The van der Waals surface area contributed by atoms with Crippen LogP contribution in [0.15, 0.2) is 29.2 Å². The summed E-state index contributed by atoms with van der Waals surface area (Å²) in [6.45, 7) is 2.90. The lowest BCUT2D eigenvalue weighted by Gasteiger charge is -2.26. The van der Waals surface area contributed by atoms with Crippen molar-refractivity contribution >= 4 is 28.3 Å². The van der Waals surface area contributed by atoms with Gasteiger partial charge in [-0.1, -0.05) is 12.1 Å². The molecular formula is C17H28ClN3O4S. The summed E-state index contributed by atoms with van der Waals surface area (Å²) in [5.41, 5.74) is 6.35. The number of ether oxygens (including phenoxy) is 1. The summed E-state index contributed by atoms with van der Waals surface area (Å²) < 4.78 is 31.7. The molecule has 1 heterocycles. The lowest BCUT2D eigenvalue weighted by Crippen LogP contribution is -2.40. The number of unbranched alkanes of at least 4 members (excludes halogenated alkanes) is 1. The number of carbonyl (C=O) groups is 1. The van der Waals surface area contributed by atoms with Crippen molar-refractivity contribution in [2.24, 2.45) is 5.73 Å². The van der Waals surface area contributed by atoms with E-state index in [-0.39, 0.29) is 23.2 Å². The smallest absolute Gasteiger partial charge is 0.243 e. The third-order valence-corrected chi connectivity index (χ3v) is 6.04. The molecule has 1 saturated heterocycles. The number of benzene rings is 1. The lowest BCUT2D eigenvalue weighted by molar-refractivity contribution is -0.121. The highest BCUT2D eigenvalue weighted by Gasteiger charge is 2.25. The van der Waals surface area contributed by atoms with Crippen molar-refractivity contribution in [3.05, 3.63) is 29.8 Å². The zero-order valence-corrected chi connectivity index (χ0v) is 16.5. The van der Waals surface area contributed by atoms with E-state index in [1.807, 2.05) is 0 Å². The van der Waals surface area contributed by atoms with Crippen molar-refractivity contribution < 1.29 is 17.9 Å². The first-order chi connectivity index (χ1) is 12.0. The van der Waals surface area contributed by atoms with Crippen LogP contribution in [0.5, 0.6) is 0 Å². The number of aryl methyl sites for hydroxylation is 1. The number of amides is 1. The molecule has 1 aromatic rings. The van der Waals surface area contributed by atoms with Gasteiger partial charge in [-0.2, -0.15) is 4.31 Å². The number of nitrogens with zero attached hydrogens (tertiary/aromatic N) is 1. The van der Waals surface area contributed by atoms with Gasteiger partial charge in [-0.25, -0.2) is 8.42 Å². The molecule has 1 fully saturated rings. The molecule has 0 atom stereocenters. The topological polar surface area (TPSA) is 102 Å². The van der Waals surface area contributed by atoms with Crippen LogP contribution in [0.25, 0.3) is 0 Å². The first kappa shape index (κ1) is 22.9. The molecule has 0 spiro atoms. The quantitative estimate of drug-likeness (QED) is 0.595. The Labute approximate surface area is 161 Å². The fourth-order valence-electron chi connectivity index (χ4n) is 2.61. The molecule has 0 aliphatic carbocycles. The number of morpholine rings is 1. The minimum atomic E-state index is -3.46. The molecular weight excluding hydrogens is 378 g/mol. The third kappa shape index (κ3) is 6.85. The molecule has 1 amide bonds. The van der Waals surface area contributed by atoms with E-state index in [0.717, 1.165) is 18.4 Å². The largest absolute Gasteiger partial charge is 0.379 e. The van der Waals surface area contributed by atoms with Gasteiger partial charge < -0.3 is 15.8 Å². The molecule has 0 bridgehead atoms. The van der Waals surface area contributed by atoms with Crippen LogP contribution in [0.4, 0.5) is 0 Å². The monoisotopic (exact) mass is 405 g/mol. The van der Waals surface area contributed by atoms with Crippen LogP contribution in [-0.2, 0) is 26.0 Å². The van der Waals surface area contributed by atoms with E-state index < -0.39 is 10.0 Å². The fourth-order valence-corrected chi connectivity index (χ4v) is 4.02. The first-order valence-electron chi connectivity index (χ1n) is 8.67. The lowest BCUT2D eigenvalue weighted by atomic mass is 10.1. The Kier molecular flexibility index (Phi) is 10.1. The zero-order chi connectivity index (χ0) is 18.1. The number of halogens is 1. The van der Waals surface area contributed by atoms with Crippen molar-refractivity contribution in [2.75, 3.05) is 39.4 Å². The van der Waals surface area contributed by atoms with Crippen molar-refractivity contribution in [3.8, 4) is 0 Å². The van der Waals surface area contributed by atoms with E-state index in [0.29, 0.717) is 52.2 Å². The second kappa shape index (κ2) is 11.5. The maximum Gasteiger partial charge on any atom is 0.243 e. The van der Waals surface area contributed by atoms with Gasteiger partial charge in [0, 0.05) is 26.1 Å². The highest BCUT2D eigenvalue weighted by atomic mass is 35.5. The number of hydrogen-bond acceptors (Lipinski definition) is 5. The van der Waals surface area contributed by atoms with Crippen LogP contribution in [-0.4, -0.2) is 58.0 Å². The minimum Gasteiger partial charge on any atom is -0.379 e. The molecule has 26 heavy (non-hydrogen) atoms. The summed E-state index contributed by atoms with van der Waals surface area (Å²) in [5, 5.41) is 2.86. The maximum atomic E-state index is 12.5.